The number of carbonyl (C=O) groups is 1. The van der Waals surface area contributed by atoms with E-state index in [1.807, 2.05) is 31.2 Å². The van der Waals surface area contributed by atoms with Crippen LogP contribution in [-0.2, 0) is 4.79 Å². The minimum absolute atomic E-state index is 0.156. The first kappa shape index (κ1) is 20.3. The summed E-state index contributed by atoms with van der Waals surface area (Å²) in [7, 11) is 0. The van der Waals surface area contributed by atoms with Crippen LogP contribution < -0.4 is 10.1 Å². The van der Waals surface area contributed by atoms with E-state index in [1.165, 1.54) is 12.8 Å². The Kier molecular flexibility index (Phi) is 8.09. The lowest BCUT2D eigenvalue weighted by Gasteiger charge is -2.30. The third-order valence-electron chi connectivity index (χ3n) is 4.50. The molecule has 0 aliphatic rings. The van der Waals surface area contributed by atoms with Gasteiger partial charge in [0.25, 0.3) is 0 Å². The Bertz CT molecular complexity index is 498. The third-order valence-corrected chi connectivity index (χ3v) is 4.50. The maximum atomic E-state index is 11.1. The first-order valence-electron chi connectivity index (χ1n) is 9.08. The van der Waals surface area contributed by atoms with E-state index in [0.717, 1.165) is 30.2 Å². The molecule has 0 spiro atoms. The molecule has 0 aromatic heterocycles. The quantitative estimate of drug-likeness (QED) is 0.573. The zero-order chi connectivity index (χ0) is 18.2. The summed E-state index contributed by atoms with van der Waals surface area (Å²) in [5.74, 6) is 0.719. The molecule has 1 rings (SSSR count). The topological polar surface area (TPSA) is 58.6 Å². The molecule has 0 aliphatic carbocycles. The number of hydrogen-bond acceptors (Lipinski definition) is 3. The highest BCUT2D eigenvalue weighted by Crippen LogP contribution is 2.28. The van der Waals surface area contributed by atoms with Crippen molar-refractivity contribution in [3.63, 3.8) is 0 Å². The van der Waals surface area contributed by atoms with Gasteiger partial charge in [-0.2, -0.15) is 0 Å². The predicted molar refractivity (Wildman–Crippen MR) is 99.8 cm³/mol. The Morgan fingerprint density at radius 2 is 1.88 bits per heavy atom. The monoisotopic (exact) mass is 335 g/mol. The summed E-state index contributed by atoms with van der Waals surface area (Å²) < 4.78 is 6.22. The second kappa shape index (κ2) is 9.55. The molecule has 2 atom stereocenters. The van der Waals surface area contributed by atoms with Crippen molar-refractivity contribution in [2.24, 2.45) is 5.92 Å². The molecular weight excluding hydrogens is 302 g/mol. The van der Waals surface area contributed by atoms with Crippen molar-refractivity contribution in [1.82, 2.24) is 0 Å². The van der Waals surface area contributed by atoms with E-state index in [9.17, 15) is 4.79 Å². The molecule has 0 saturated carbocycles. The molecule has 4 heteroatoms. The van der Waals surface area contributed by atoms with Gasteiger partial charge in [-0.05, 0) is 62.8 Å². The Labute approximate surface area is 146 Å². The van der Waals surface area contributed by atoms with Crippen molar-refractivity contribution in [1.29, 1.82) is 0 Å². The average molecular weight is 335 g/mol. The van der Waals surface area contributed by atoms with E-state index in [0.29, 0.717) is 6.42 Å². The second-order valence-corrected chi connectivity index (χ2v) is 7.16. The van der Waals surface area contributed by atoms with Gasteiger partial charge in [-0.15, -0.1) is 0 Å². The Morgan fingerprint density at radius 1 is 1.25 bits per heavy atom. The summed E-state index contributed by atoms with van der Waals surface area (Å²) in [6, 6.07) is 7.02. The van der Waals surface area contributed by atoms with Gasteiger partial charge in [0.15, 0.2) is 0 Å². The van der Waals surface area contributed by atoms with Crippen LogP contribution >= 0.6 is 0 Å². The summed E-state index contributed by atoms with van der Waals surface area (Å²) in [4.78, 5) is 11.1. The molecule has 0 aliphatic heterocycles. The smallest absolute Gasteiger partial charge is 0.326 e. The first-order valence-corrected chi connectivity index (χ1v) is 9.08. The fourth-order valence-corrected chi connectivity index (χ4v) is 2.63. The van der Waals surface area contributed by atoms with Gasteiger partial charge in [0, 0.05) is 5.69 Å². The van der Waals surface area contributed by atoms with Gasteiger partial charge in [0.2, 0.25) is 0 Å². The molecule has 1 aromatic carbocycles. The minimum Gasteiger partial charge on any atom is -0.488 e. The van der Waals surface area contributed by atoms with Gasteiger partial charge in [0.05, 0.1) is 0 Å². The molecule has 2 unspecified atom stereocenters. The zero-order valence-electron chi connectivity index (χ0n) is 15.8. The number of aliphatic carboxylic acids is 1. The number of hydrogen-bond donors (Lipinski definition) is 2. The fraction of sp³-hybridized carbons (Fsp3) is 0.650. The lowest BCUT2D eigenvalue weighted by atomic mass is 9.93. The molecular formula is C20H33NO3. The van der Waals surface area contributed by atoms with Gasteiger partial charge in [-0.1, -0.05) is 34.1 Å². The Balaban J connectivity index is 2.65. The van der Waals surface area contributed by atoms with Gasteiger partial charge < -0.3 is 15.2 Å². The van der Waals surface area contributed by atoms with Crippen molar-refractivity contribution in [3.8, 4) is 5.75 Å². The van der Waals surface area contributed by atoms with Crippen molar-refractivity contribution >= 4 is 11.7 Å². The molecule has 0 radical (unpaired) electrons. The third kappa shape index (κ3) is 6.81. The SMILES string of the molecule is CCC(Nc1ccc(OC(C)(CC)CCCC(C)C)cc1)C(=O)O. The number of rotatable bonds is 11. The molecule has 0 saturated heterocycles. The number of carboxylic acid groups (broad SMARTS) is 1. The number of nitrogens with one attached hydrogen (secondary N) is 1. The number of carboxylic acids is 1. The highest BCUT2D eigenvalue weighted by Gasteiger charge is 2.24. The van der Waals surface area contributed by atoms with E-state index >= 15 is 0 Å². The van der Waals surface area contributed by atoms with Crippen LogP contribution in [0.15, 0.2) is 24.3 Å². The van der Waals surface area contributed by atoms with Crippen LogP contribution in [0.4, 0.5) is 5.69 Å². The number of ether oxygens (including phenoxy) is 1. The van der Waals surface area contributed by atoms with Crippen LogP contribution in [0.2, 0.25) is 0 Å². The average Bonchev–Trinajstić information content (AvgIpc) is 2.53. The van der Waals surface area contributed by atoms with E-state index in [4.69, 9.17) is 9.84 Å². The van der Waals surface area contributed by atoms with Gasteiger partial charge >= 0.3 is 5.97 Å². The summed E-state index contributed by atoms with van der Waals surface area (Å²) in [5.41, 5.74) is 0.645. The predicted octanol–water partition coefficient (Wildman–Crippen LogP) is 5.34. The largest absolute Gasteiger partial charge is 0.488 e. The maximum Gasteiger partial charge on any atom is 0.326 e. The van der Waals surface area contributed by atoms with Gasteiger partial charge in [0.1, 0.15) is 17.4 Å². The van der Waals surface area contributed by atoms with Crippen LogP contribution in [0.1, 0.15) is 66.7 Å². The molecule has 1 aromatic rings. The van der Waals surface area contributed by atoms with E-state index in [-0.39, 0.29) is 5.60 Å². The highest BCUT2D eigenvalue weighted by atomic mass is 16.5. The first-order chi connectivity index (χ1) is 11.3. The summed E-state index contributed by atoms with van der Waals surface area (Å²) >= 11 is 0. The summed E-state index contributed by atoms with van der Waals surface area (Å²) in [5, 5.41) is 12.1. The second-order valence-electron chi connectivity index (χ2n) is 7.16. The molecule has 136 valence electrons. The Hall–Kier alpha value is -1.71. The van der Waals surface area contributed by atoms with E-state index in [2.05, 4.69) is 33.0 Å². The van der Waals surface area contributed by atoms with Gasteiger partial charge in [-0.3, -0.25) is 0 Å². The van der Waals surface area contributed by atoms with Gasteiger partial charge in [-0.25, -0.2) is 4.79 Å². The molecule has 0 amide bonds. The molecule has 0 heterocycles. The fourth-order valence-electron chi connectivity index (χ4n) is 2.63. The van der Waals surface area contributed by atoms with Crippen LogP contribution in [0.25, 0.3) is 0 Å². The van der Waals surface area contributed by atoms with Crippen molar-refractivity contribution < 1.29 is 14.6 Å². The molecule has 24 heavy (non-hydrogen) atoms. The number of benzene rings is 1. The van der Waals surface area contributed by atoms with Crippen LogP contribution in [0.5, 0.6) is 5.75 Å². The van der Waals surface area contributed by atoms with E-state index in [1.54, 1.807) is 0 Å². The molecule has 0 bridgehead atoms. The highest BCUT2D eigenvalue weighted by molar-refractivity contribution is 5.77. The van der Waals surface area contributed by atoms with Crippen molar-refractivity contribution in [3.05, 3.63) is 24.3 Å². The molecule has 0 fully saturated rings. The number of anilines is 1. The standard InChI is InChI=1S/C20H33NO3/c1-6-18(19(22)23)21-16-10-12-17(13-11-16)24-20(5,7-2)14-8-9-15(3)4/h10-13,15,18,21H,6-9,14H2,1-5H3,(H,22,23). The summed E-state index contributed by atoms with van der Waals surface area (Å²) in [6.07, 6.45) is 4.92. The minimum atomic E-state index is -0.832. The normalized spacial score (nSPS) is 14.9. The maximum absolute atomic E-state index is 11.1. The Morgan fingerprint density at radius 3 is 2.33 bits per heavy atom. The van der Waals surface area contributed by atoms with Crippen LogP contribution in [0.3, 0.4) is 0 Å². The van der Waals surface area contributed by atoms with Crippen molar-refractivity contribution in [2.45, 2.75) is 78.4 Å². The van der Waals surface area contributed by atoms with Crippen LogP contribution in [0, 0.1) is 5.92 Å². The van der Waals surface area contributed by atoms with Crippen LogP contribution in [-0.4, -0.2) is 22.7 Å². The van der Waals surface area contributed by atoms with E-state index < -0.39 is 12.0 Å². The lowest BCUT2D eigenvalue weighted by molar-refractivity contribution is -0.137. The lowest BCUT2D eigenvalue weighted by Crippen LogP contribution is -2.31. The molecule has 4 nitrogen and oxygen atoms in total. The summed E-state index contributed by atoms with van der Waals surface area (Å²) in [6.45, 7) is 10.7. The van der Waals surface area contributed by atoms with Crippen molar-refractivity contribution in [2.75, 3.05) is 5.32 Å². The zero-order valence-corrected chi connectivity index (χ0v) is 15.8. The molecule has 2 N–H and O–H groups in total.